The van der Waals surface area contributed by atoms with Gasteiger partial charge in [0.25, 0.3) is 0 Å². The third-order valence-electron chi connectivity index (χ3n) is 2.49. The topological polar surface area (TPSA) is 9.23 Å². The highest BCUT2D eigenvalue weighted by atomic mass is 79.9. The van der Waals surface area contributed by atoms with Crippen molar-refractivity contribution in [2.24, 2.45) is 0 Å². The molecule has 0 heterocycles. The molecule has 0 aliphatic carbocycles. The molecule has 2 aromatic carbocycles. The summed E-state index contributed by atoms with van der Waals surface area (Å²) in [6.45, 7) is 2.34. The zero-order valence-corrected chi connectivity index (χ0v) is 12.1. The Morgan fingerprint density at radius 3 is 2.67 bits per heavy atom. The summed E-state index contributed by atoms with van der Waals surface area (Å²) in [6, 6.07) is 10.3. The summed E-state index contributed by atoms with van der Waals surface area (Å²) in [6.07, 6.45) is 0. The van der Waals surface area contributed by atoms with Gasteiger partial charge in [0.2, 0.25) is 0 Å². The molecule has 0 fully saturated rings. The Hall–Kier alpha value is -1.06. The lowest BCUT2D eigenvalue weighted by Crippen LogP contribution is -1.97. The molecule has 0 saturated heterocycles. The van der Waals surface area contributed by atoms with Crippen molar-refractivity contribution >= 4 is 27.5 Å². The van der Waals surface area contributed by atoms with Gasteiger partial charge in [0.15, 0.2) is 0 Å². The molecule has 1 nitrogen and oxygen atoms in total. The highest BCUT2D eigenvalue weighted by Gasteiger charge is 2.04. The van der Waals surface area contributed by atoms with Gasteiger partial charge in [-0.2, -0.15) is 0 Å². The first-order chi connectivity index (χ1) is 8.56. The molecule has 0 N–H and O–H groups in total. The first kappa shape index (κ1) is 13.4. The zero-order chi connectivity index (χ0) is 13.1. The number of aryl methyl sites for hydroxylation is 1. The summed E-state index contributed by atoms with van der Waals surface area (Å²) in [5.41, 5.74) is 2.01. The largest absolute Gasteiger partial charge is 0.489 e. The lowest BCUT2D eigenvalue weighted by molar-refractivity contribution is 0.305. The number of rotatable bonds is 3. The van der Waals surface area contributed by atoms with Crippen LogP contribution in [0.25, 0.3) is 0 Å². The van der Waals surface area contributed by atoms with Gasteiger partial charge in [-0.05, 0) is 52.7 Å². The molecule has 0 aliphatic rings. The molecule has 4 heteroatoms. The fourth-order valence-electron chi connectivity index (χ4n) is 1.50. The van der Waals surface area contributed by atoms with Crippen LogP contribution in [-0.2, 0) is 6.61 Å². The summed E-state index contributed by atoms with van der Waals surface area (Å²) in [5.74, 6) is 0.288. The van der Waals surface area contributed by atoms with Gasteiger partial charge in [-0.1, -0.05) is 23.7 Å². The highest BCUT2D eigenvalue weighted by molar-refractivity contribution is 9.10. The molecular formula is C14H11BrClFO. The van der Waals surface area contributed by atoms with Crippen LogP contribution in [0.15, 0.2) is 40.9 Å². The molecular weight excluding hydrogens is 319 g/mol. The molecule has 0 radical (unpaired) electrons. The van der Waals surface area contributed by atoms with Crippen molar-refractivity contribution in [1.29, 1.82) is 0 Å². The van der Waals surface area contributed by atoms with Crippen LogP contribution in [0.1, 0.15) is 11.1 Å². The van der Waals surface area contributed by atoms with E-state index in [4.69, 9.17) is 16.3 Å². The van der Waals surface area contributed by atoms with E-state index in [-0.39, 0.29) is 5.82 Å². The molecule has 94 valence electrons. The van der Waals surface area contributed by atoms with Crippen molar-refractivity contribution in [2.45, 2.75) is 13.5 Å². The van der Waals surface area contributed by atoms with E-state index in [9.17, 15) is 4.39 Å². The van der Waals surface area contributed by atoms with Gasteiger partial charge in [0, 0.05) is 10.6 Å². The van der Waals surface area contributed by atoms with Crippen LogP contribution in [0.5, 0.6) is 5.75 Å². The Morgan fingerprint density at radius 2 is 2.00 bits per heavy atom. The Bertz CT molecular complexity index is 572. The van der Waals surface area contributed by atoms with E-state index in [1.165, 1.54) is 6.07 Å². The van der Waals surface area contributed by atoms with Gasteiger partial charge in [0.1, 0.15) is 18.2 Å². The zero-order valence-electron chi connectivity index (χ0n) is 9.71. The quantitative estimate of drug-likeness (QED) is 0.758. The molecule has 0 aromatic heterocycles. The minimum absolute atomic E-state index is 0.310. The number of ether oxygens (including phenoxy) is 1. The van der Waals surface area contributed by atoms with Crippen molar-refractivity contribution < 1.29 is 9.13 Å². The van der Waals surface area contributed by atoms with Gasteiger partial charge in [-0.15, -0.1) is 0 Å². The predicted molar refractivity (Wildman–Crippen MR) is 74.6 cm³/mol. The van der Waals surface area contributed by atoms with Crippen LogP contribution in [0.3, 0.4) is 0 Å². The summed E-state index contributed by atoms with van der Waals surface area (Å²) >= 11 is 9.22. The SMILES string of the molecule is Cc1ccc(COc2ccc(F)c(Br)c2)c(Cl)c1. The highest BCUT2D eigenvalue weighted by Crippen LogP contribution is 2.24. The molecule has 0 spiro atoms. The molecule has 0 unspecified atom stereocenters. The average molecular weight is 330 g/mol. The Kier molecular flexibility index (Phi) is 4.25. The van der Waals surface area contributed by atoms with Gasteiger partial charge in [-0.3, -0.25) is 0 Å². The smallest absolute Gasteiger partial charge is 0.137 e. The maximum Gasteiger partial charge on any atom is 0.137 e. The van der Waals surface area contributed by atoms with Gasteiger partial charge in [0.05, 0.1) is 4.47 Å². The van der Waals surface area contributed by atoms with Crippen LogP contribution in [0.2, 0.25) is 5.02 Å². The second-order valence-corrected chi connectivity index (χ2v) is 5.22. The van der Waals surface area contributed by atoms with E-state index in [1.807, 2.05) is 25.1 Å². The Morgan fingerprint density at radius 1 is 1.22 bits per heavy atom. The molecule has 0 aliphatic heterocycles. The minimum Gasteiger partial charge on any atom is -0.489 e. The molecule has 18 heavy (non-hydrogen) atoms. The summed E-state index contributed by atoms with van der Waals surface area (Å²) in [4.78, 5) is 0. The van der Waals surface area contributed by atoms with E-state index >= 15 is 0 Å². The van der Waals surface area contributed by atoms with Crippen LogP contribution < -0.4 is 4.74 Å². The Labute approximate surface area is 119 Å². The normalized spacial score (nSPS) is 10.4. The van der Waals surface area contributed by atoms with Gasteiger partial charge >= 0.3 is 0 Å². The van der Waals surface area contributed by atoms with Crippen molar-refractivity contribution in [3.05, 3.63) is 62.8 Å². The van der Waals surface area contributed by atoms with Gasteiger partial charge < -0.3 is 4.74 Å². The van der Waals surface area contributed by atoms with Crippen LogP contribution in [0, 0.1) is 12.7 Å². The molecule has 2 rings (SSSR count). The predicted octanol–water partition coefficient (Wildman–Crippen LogP) is 5.13. The first-order valence-corrected chi connectivity index (χ1v) is 6.56. The standard InChI is InChI=1S/C14H11BrClFO/c1-9-2-3-10(13(16)6-9)8-18-11-4-5-14(17)12(15)7-11/h2-7H,8H2,1H3. The van der Waals surface area contributed by atoms with Crippen LogP contribution in [0.4, 0.5) is 4.39 Å². The average Bonchev–Trinajstić information content (AvgIpc) is 2.32. The third kappa shape index (κ3) is 3.24. The van der Waals surface area contributed by atoms with Crippen molar-refractivity contribution in [3.8, 4) is 5.75 Å². The summed E-state index contributed by atoms with van der Waals surface area (Å²) in [7, 11) is 0. The van der Waals surface area contributed by atoms with Crippen LogP contribution >= 0.6 is 27.5 Å². The summed E-state index contributed by atoms with van der Waals surface area (Å²) in [5, 5.41) is 0.677. The van der Waals surface area contributed by atoms with Crippen molar-refractivity contribution in [3.63, 3.8) is 0 Å². The maximum absolute atomic E-state index is 13.0. The maximum atomic E-state index is 13.0. The molecule has 0 atom stereocenters. The molecule has 0 bridgehead atoms. The first-order valence-electron chi connectivity index (χ1n) is 5.39. The van der Waals surface area contributed by atoms with Crippen LogP contribution in [-0.4, -0.2) is 0 Å². The number of hydrogen-bond acceptors (Lipinski definition) is 1. The van der Waals surface area contributed by atoms with E-state index < -0.39 is 0 Å². The fourth-order valence-corrected chi connectivity index (χ4v) is 2.14. The lowest BCUT2D eigenvalue weighted by Gasteiger charge is -2.09. The lowest BCUT2D eigenvalue weighted by atomic mass is 10.2. The molecule has 2 aromatic rings. The van der Waals surface area contributed by atoms with E-state index in [0.29, 0.717) is 21.9 Å². The van der Waals surface area contributed by atoms with Gasteiger partial charge in [-0.25, -0.2) is 4.39 Å². The Balaban J connectivity index is 2.09. The third-order valence-corrected chi connectivity index (χ3v) is 3.45. The van der Waals surface area contributed by atoms with Crippen molar-refractivity contribution in [2.75, 3.05) is 0 Å². The molecule has 0 amide bonds. The fraction of sp³-hybridized carbons (Fsp3) is 0.143. The summed E-state index contributed by atoms with van der Waals surface area (Å²) < 4.78 is 19.0. The molecule has 0 saturated carbocycles. The monoisotopic (exact) mass is 328 g/mol. The minimum atomic E-state index is -0.310. The number of benzene rings is 2. The van der Waals surface area contributed by atoms with E-state index in [2.05, 4.69) is 15.9 Å². The van der Waals surface area contributed by atoms with E-state index in [1.54, 1.807) is 12.1 Å². The number of hydrogen-bond donors (Lipinski definition) is 0. The van der Waals surface area contributed by atoms with E-state index in [0.717, 1.165) is 11.1 Å². The van der Waals surface area contributed by atoms with Crippen molar-refractivity contribution in [1.82, 2.24) is 0 Å². The number of halogens is 3. The second kappa shape index (κ2) is 5.72. The second-order valence-electron chi connectivity index (χ2n) is 3.96.